The van der Waals surface area contributed by atoms with Crippen LogP contribution in [0.15, 0.2) is 18.3 Å². The molecule has 1 fully saturated rings. The van der Waals surface area contributed by atoms with Crippen molar-refractivity contribution in [3.63, 3.8) is 0 Å². The molecule has 1 unspecified atom stereocenters. The van der Waals surface area contributed by atoms with Gasteiger partial charge < -0.3 is 10.6 Å². The van der Waals surface area contributed by atoms with Crippen LogP contribution in [-0.2, 0) is 0 Å². The Bertz CT molecular complexity index is 441. The van der Waals surface area contributed by atoms with E-state index < -0.39 is 0 Å². The Hall–Kier alpha value is -1.46. The first-order valence-electron chi connectivity index (χ1n) is 6.78. The lowest BCUT2D eigenvalue weighted by molar-refractivity contribution is 0.0589. The Labute approximate surface area is 114 Å². The van der Waals surface area contributed by atoms with E-state index in [1.807, 2.05) is 17.9 Å². The van der Waals surface area contributed by atoms with Gasteiger partial charge in [0.2, 0.25) is 0 Å². The number of hydrogen-bond donors (Lipinski definition) is 1. The van der Waals surface area contributed by atoms with Crippen LogP contribution >= 0.6 is 0 Å². The minimum Gasteiger partial charge on any atom is -0.336 e. The van der Waals surface area contributed by atoms with Crippen molar-refractivity contribution in [3.05, 3.63) is 29.6 Å². The SMILES string of the molecule is Cc1cc(C(=O)N2CCN(C(C)CN)CC2)ccn1. The molecule has 2 N–H and O–H groups in total. The van der Waals surface area contributed by atoms with E-state index in [0.717, 1.165) is 37.4 Å². The lowest BCUT2D eigenvalue weighted by Gasteiger charge is -2.37. The van der Waals surface area contributed by atoms with Crippen LogP contribution in [0.5, 0.6) is 0 Å². The van der Waals surface area contributed by atoms with Gasteiger partial charge in [-0.2, -0.15) is 0 Å². The summed E-state index contributed by atoms with van der Waals surface area (Å²) in [6.07, 6.45) is 1.69. The van der Waals surface area contributed by atoms with Crippen molar-refractivity contribution in [2.45, 2.75) is 19.9 Å². The van der Waals surface area contributed by atoms with Crippen LogP contribution in [0.25, 0.3) is 0 Å². The Morgan fingerprint density at radius 3 is 2.68 bits per heavy atom. The van der Waals surface area contributed by atoms with Gasteiger partial charge in [0.25, 0.3) is 5.91 Å². The molecule has 1 aromatic rings. The standard InChI is InChI=1S/C14H22N4O/c1-11-9-13(3-4-16-11)14(19)18-7-5-17(6-8-18)12(2)10-15/h3-4,9,12H,5-8,10,15H2,1-2H3. The van der Waals surface area contributed by atoms with Gasteiger partial charge in [-0.15, -0.1) is 0 Å². The predicted molar refractivity (Wildman–Crippen MR) is 75.0 cm³/mol. The van der Waals surface area contributed by atoms with Gasteiger partial charge in [-0.25, -0.2) is 0 Å². The van der Waals surface area contributed by atoms with E-state index in [1.54, 1.807) is 12.3 Å². The molecule has 0 saturated carbocycles. The van der Waals surface area contributed by atoms with Crippen LogP contribution in [0.3, 0.4) is 0 Å². The van der Waals surface area contributed by atoms with E-state index in [2.05, 4.69) is 16.8 Å². The molecular weight excluding hydrogens is 240 g/mol. The third-order valence-electron chi connectivity index (χ3n) is 3.71. The molecule has 104 valence electrons. The van der Waals surface area contributed by atoms with Gasteiger partial charge in [0.1, 0.15) is 0 Å². The summed E-state index contributed by atoms with van der Waals surface area (Å²) in [7, 11) is 0. The number of carbonyl (C=O) groups excluding carboxylic acids is 1. The predicted octanol–water partition coefficient (Wildman–Crippen LogP) is 0.495. The minimum atomic E-state index is 0.102. The van der Waals surface area contributed by atoms with E-state index in [0.29, 0.717) is 12.6 Å². The number of piperazine rings is 1. The molecule has 2 heterocycles. The molecule has 1 aliphatic heterocycles. The fourth-order valence-electron chi connectivity index (χ4n) is 2.38. The monoisotopic (exact) mass is 262 g/mol. The quantitative estimate of drug-likeness (QED) is 0.861. The smallest absolute Gasteiger partial charge is 0.254 e. The summed E-state index contributed by atoms with van der Waals surface area (Å²) in [6.45, 7) is 8.02. The largest absolute Gasteiger partial charge is 0.336 e. The first kappa shape index (κ1) is 14.0. The normalized spacial score (nSPS) is 18.4. The van der Waals surface area contributed by atoms with Crippen molar-refractivity contribution < 1.29 is 4.79 Å². The summed E-state index contributed by atoms with van der Waals surface area (Å²) in [6, 6.07) is 4.02. The van der Waals surface area contributed by atoms with Gasteiger partial charge in [-0.05, 0) is 26.0 Å². The van der Waals surface area contributed by atoms with Crippen molar-refractivity contribution in [2.75, 3.05) is 32.7 Å². The van der Waals surface area contributed by atoms with Crippen molar-refractivity contribution in [3.8, 4) is 0 Å². The molecule has 5 heteroatoms. The first-order chi connectivity index (χ1) is 9.11. The zero-order chi connectivity index (χ0) is 13.8. The van der Waals surface area contributed by atoms with Crippen LogP contribution in [-0.4, -0.2) is 59.5 Å². The molecule has 0 aliphatic carbocycles. The number of amides is 1. The van der Waals surface area contributed by atoms with Gasteiger partial charge in [-0.1, -0.05) is 0 Å². The van der Waals surface area contributed by atoms with Gasteiger partial charge in [0.05, 0.1) is 0 Å². The first-order valence-corrected chi connectivity index (χ1v) is 6.78. The van der Waals surface area contributed by atoms with Crippen LogP contribution < -0.4 is 5.73 Å². The molecule has 0 aromatic carbocycles. The van der Waals surface area contributed by atoms with Gasteiger partial charge >= 0.3 is 0 Å². The number of nitrogens with two attached hydrogens (primary N) is 1. The maximum Gasteiger partial charge on any atom is 0.254 e. The van der Waals surface area contributed by atoms with Crippen LogP contribution in [0.4, 0.5) is 0 Å². The highest BCUT2D eigenvalue weighted by Gasteiger charge is 2.24. The summed E-state index contributed by atoms with van der Waals surface area (Å²) in [4.78, 5) is 20.7. The van der Waals surface area contributed by atoms with Crippen LogP contribution in [0, 0.1) is 6.92 Å². The highest BCUT2D eigenvalue weighted by molar-refractivity contribution is 5.94. The molecule has 1 saturated heterocycles. The number of hydrogen-bond acceptors (Lipinski definition) is 4. The number of carbonyl (C=O) groups is 1. The molecule has 1 atom stereocenters. The van der Waals surface area contributed by atoms with E-state index in [9.17, 15) is 4.79 Å². The number of aryl methyl sites for hydroxylation is 1. The van der Waals surface area contributed by atoms with Gasteiger partial charge in [-0.3, -0.25) is 14.7 Å². The van der Waals surface area contributed by atoms with Crippen molar-refractivity contribution >= 4 is 5.91 Å². The Morgan fingerprint density at radius 1 is 1.42 bits per heavy atom. The second kappa shape index (κ2) is 6.12. The van der Waals surface area contributed by atoms with E-state index in [-0.39, 0.29) is 5.91 Å². The molecule has 1 aromatic heterocycles. The molecule has 1 amide bonds. The average molecular weight is 262 g/mol. The summed E-state index contributed by atoms with van der Waals surface area (Å²) in [5.74, 6) is 0.102. The fraction of sp³-hybridized carbons (Fsp3) is 0.571. The van der Waals surface area contributed by atoms with E-state index in [1.165, 1.54) is 0 Å². The van der Waals surface area contributed by atoms with Crippen molar-refractivity contribution in [1.29, 1.82) is 0 Å². The van der Waals surface area contributed by atoms with E-state index >= 15 is 0 Å². The maximum absolute atomic E-state index is 12.4. The Morgan fingerprint density at radius 2 is 2.11 bits per heavy atom. The van der Waals surface area contributed by atoms with Gasteiger partial charge in [0.15, 0.2) is 0 Å². The Balaban J connectivity index is 1.96. The molecule has 19 heavy (non-hydrogen) atoms. The zero-order valence-electron chi connectivity index (χ0n) is 11.7. The van der Waals surface area contributed by atoms with E-state index in [4.69, 9.17) is 5.73 Å². The summed E-state index contributed by atoms with van der Waals surface area (Å²) < 4.78 is 0. The lowest BCUT2D eigenvalue weighted by atomic mass is 10.1. The third-order valence-corrected chi connectivity index (χ3v) is 3.71. The topological polar surface area (TPSA) is 62.5 Å². The summed E-state index contributed by atoms with van der Waals surface area (Å²) in [5.41, 5.74) is 7.28. The molecule has 2 rings (SSSR count). The van der Waals surface area contributed by atoms with Crippen LogP contribution in [0.2, 0.25) is 0 Å². The molecule has 1 aliphatic rings. The fourth-order valence-corrected chi connectivity index (χ4v) is 2.38. The number of rotatable bonds is 3. The molecule has 0 radical (unpaired) electrons. The summed E-state index contributed by atoms with van der Waals surface area (Å²) in [5, 5.41) is 0. The average Bonchev–Trinajstić information content (AvgIpc) is 2.46. The molecule has 0 spiro atoms. The number of nitrogens with zero attached hydrogens (tertiary/aromatic N) is 3. The highest BCUT2D eigenvalue weighted by Crippen LogP contribution is 2.10. The number of aromatic nitrogens is 1. The lowest BCUT2D eigenvalue weighted by Crippen LogP contribution is -2.52. The molecule has 0 bridgehead atoms. The van der Waals surface area contributed by atoms with Crippen LogP contribution in [0.1, 0.15) is 23.0 Å². The maximum atomic E-state index is 12.4. The summed E-state index contributed by atoms with van der Waals surface area (Å²) >= 11 is 0. The zero-order valence-corrected chi connectivity index (χ0v) is 11.7. The van der Waals surface area contributed by atoms with Crippen molar-refractivity contribution in [2.24, 2.45) is 5.73 Å². The number of pyridine rings is 1. The Kier molecular flexibility index (Phi) is 4.50. The van der Waals surface area contributed by atoms with Crippen molar-refractivity contribution in [1.82, 2.24) is 14.8 Å². The third kappa shape index (κ3) is 3.30. The second-order valence-electron chi connectivity index (χ2n) is 5.10. The van der Waals surface area contributed by atoms with Gasteiger partial charge in [0, 0.05) is 56.2 Å². The second-order valence-corrected chi connectivity index (χ2v) is 5.10. The molecule has 5 nitrogen and oxygen atoms in total. The molecular formula is C14H22N4O. The minimum absolute atomic E-state index is 0.102. The highest BCUT2D eigenvalue weighted by atomic mass is 16.2.